The van der Waals surface area contributed by atoms with E-state index in [2.05, 4.69) is 28.5 Å². The smallest absolute Gasteiger partial charge is 0.320 e. The number of aromatic nitrogens is 2. The van der Waals surface area contributed by atoms with Gasteiger partial charge in [0.1, 0.15) is 0 Å². The first-order valence-electron chi connectivity index (χ1n) is 5.20. The number of nitrogens with zero attached hydrogens (tertiary/aromatic N) is 2. The molecular weight excluding hydrogens is 204 g/mol. The molecule has 2 rings (SSSR count). The predicted molar refractivity (Wildman–Crippen MR) is 61.3 cm³/mol. The van der Waals surface area contributed by atoms with Crippen LogP contribution in [0.15, 0.2) is 28.7 Å². The Morgan fingerprint density at radius 2 is 2.25 bits per heavy atom. The van der Waals surface area contributed by atoms with E-state index in [1.54, 1.807) is 0 Å². The predicted octanol–water partition coefficient (Wildman–Crippen LogP) is 1.83. The fourth-order valence-electron chi connectivity index (χ4n) is 1.38. The lowest BCUT2D eigenvalue weighted by Crippen LogP contribution is -1.95. The molecule has 1 heterocycles. The molecule has 0 fully saturated rings. The third kappa shape index (κ3) is 2.38. The van der Waals surface area contributed by atoms with Crippen LogP contribution in [0, 0.1) is 0 Å². The topological polar surface area (TPSA) is 77.0 Å². The van der Waals surface area contributed by atoms with Crippen molar-refractivity contribution in [1.29, 1.82) is 0 Å². The van der Waals surface area contributed by atoms with E-state index in [-0.39, 0.29) is 6.54 Å². The number of benzene rings is 1. The molecule has 84 valence electrons. The van der Waals surface area contributed by atoms with Gasteiger partial charge in [-0.15, -0.1) is 5.10 Å². The van der Waals surface area contributed by atoms with Gasteiger partial charge in [-0.2, -0.15) is 0 Å². The van der Waals surface area contributed by atoms with Crippen LogP contribution in [0.1, 0.15) is 18.4 Å². The number of rotatable bonds is 4. The second-order valence-electron chi connectivity index (χ2n) is 3.38. The van der Waals surface area contributed by atoms with E-state index in [0.717, 1.165) is 12.1 Å². The zero-order valence-corrected chi connectivity index (χ0v) is 9.10. The van der Waals surface area contributed by atoms with Crippen molar-refractivity contribution in [2.24, 2.45) is 5.73 Å². The third-order valence-electron chi connectivity index (χ3n) is 2.23. The Kier molecular flexibility index (Phi) is 3.16. The fourth-order valence-corrected chi connectivity index (χ4v) is 1.38. The number of hydrogen-bond acceptors (Lipinski definition) is 5. The number of nitrogens with one attached hydrogen (secondary N) is 1. The van der Waals surface area contributed by atoms with E-state index in [1.165, 1.54) is 5.56 Å². The van der Waals surface area contributed by atoms with Crippen LogP contribution < -0.4 is 11.1 Å². The molecule has 16 heavy (non-hydrogen) atoms. The van der Waals surface area contributed by atoms with E-state index in [4.69, 9.17) is 10.2 Å². The van der Waals surface area contributed by atoms with Gasteiger partial charge in [0.2, 0.25) is 5.89 Å². The summed E-state index contributed by atoms with van der Waals surface area (Å²) in [6, 6.07) is 8.43. The van der Waals surface area contributed by atoms with Crippen LogP contribution in [0.5, 0.6) is 0 Å². The Hall–Kier alpha value is -1.88. The van der Waals surface area contributed by atoms with Crippen LogP contribution >= 0.6 is 0 Å². The second kappa shape index (κ2) is 4.76. The van der Waals surface area contributed by atoms with E-state index in [9.17, 15) is 0 Å². The maximum Gasteiger partial charge on any atom is 0.320 e. The standard InChI is InChI=1S/C11H14N4O/c1-2-8-4-3-5-9(6-8)13-11-15-14-10(7-12)16-11/h3-6H,2,7,12H2,1H3,(H,13,15). The summed E-state index contributed by atoms with van der Waals surface area (Å²) in [6.45, 7) is 2.36. The molecule has 0 radical (unpaired) electrons. The first-order valence-corrected chi connectivity index (χ1v) is 5.20. The number of aryl methyl sites for hydroxylation is 1. The quantitative estimate of drug-likeness (QED) is 0.818. The van der Waals surface area contributed by atoms with Crippen LogP contribution in [0.3, 0.4) is 0 Å². The highest BCUT2D eigenvalue weighted by molar-refractivity contribution is 5.52. The van der Waals surface area contributed by atoms with E-state index in [1.807, 2.05) is 18.2 Å². The lowest BCUT2D eigenvalue weighted by Gasteiger charge is -2.02. The maximum absolute atomic E-state index is 5.38. The van der Waals surface area contributed by atoms with Crippen molar-refractivity contribution in [3.63, 3.8) is 0 Å². The number of anilines is 2. The molecule has 0 spiro atoms. The van der Waals surface area contributed by atoms with Crippen molar-refractivity contribution >= 4 is 11.7 Å². The van der Waals surface area contributed by atoms with E-state index >= 15 is 0 Å². The molecule has 3 N–H and O–H groups in total. The molecule has 2 aromatic rings. The average Bonchev–Trinajstić information content (AvgIpc) is 2.77. The van der Waals surface area contributed by atoms with Crippen molar-refractivity contribution < 1.29 is 4.42 Å². The first kappa shape index (κ1) is 10.6. The molecule has 0 aliphatic rings. The highest BCUT2D eigenvalue weighted by Crippen LogP contribution is 2.16. The van der Waals surface area contributed by atoms with Crippen LogP contribution in [-0.2, 0) is 13.0 Å². The molecule has 0 saturated carbocycles. The van der Waals surface area contributed by atoms with Crippen molar-refractivity contribution in [3.8, 4) is 0 Å². The van der Waals surface area contributed by atoms with Crippen LogP contribution in [0.4, 0.5) is 11.7 Å². The first-order chi connectivity index (χ1) is 7.81. The molecule has 1 aromatic carbocycles. The van der Waals surface area contributed by atoms with Crippen molar-refractivity contribution in [2.45, 2.75) is 19.9 Å². The van der Waals surface area contributed by atoms with E-state index in [0.29, 0.717) is 11.9 Å². The number of nitrogens with two attached hydrogens (primary N) is 1. The molecule has 5 heteroatoms. The van der Waals surface area contributed by atoms with Gasteiger partial charge in [0.25, 0.3) is 0 Å². The molecule has 0 amide bonds. The Morgan fingerprint density at radius 1 is 1.38 bits per heavy atom. The van der Waals surface area contributed by atoms with E-state index < -0.39 is 0 Å². The molecule has 0 aliphatic carbocycles. The maximum atomic E-state index is 5.38. The largest absolute Gasteiger partial charge is 0.406 e. The SMILES string of the molecule is CCc1cccc(Nc2nnc(CN)o2)c1. The average molecular weight is 218 g/mol. The minimum Gasteiger partial charge on any atom is -0.406 e. The Morgan fingerprint density at radius 3 is 2.94 bits per heavy atom. The summed E-state index contributed by atoms with van der Waals surface area (Å²) in [4.78, 5) is 0. The molecule has 0 aliphatic heterocycles. The summed E-state index contributed by atoms with van der Waals surface area (Å²) in [5.41, 5.74) is 7.57. The van der Waals surface area contributed by atoms with Crippen LogP contribution in [-0.4, -0.2) is 10.2 Å². The summed E-state index contributed by atoms with van der Waals surface area (Å²) < 4.78 is 5.25. The van der Waals surface area contributed by atoms with Gasteiger partial charge >= 0.3 is 6.01 Å². The Labute approximate surface area is 93.7 Å². The number of hydrogen-bond donors (Lipinski definition) is 2. The van der Waals surface area contributed by atoms with Gasteiger partial charge in [0.05, 0.1) is 6.54 Å². The summed E-state index contributed by atoms with van der Waals surface area (Å²) in [7, 11) is 0. The van der Waals surface area contributed by atoms with Gasteiger partial charge in [-0.3, -0.25) is 0 Å². The van der Waals surface area contributed by atoms with Crippen LogP contribution in [0.25, 0.3) is 0 Å². The normalized spacial score (nSPS) is 10.4. The van der Waals surface area contributed by atoms with Crippen LogP contribution in [0.2, 0.25) is 0 Å². The van der Waals surface area contributed by atoms with Crippen molar-refractivity contribution in [3.05, 3.63) is 35.7 Å². The van der Waals surface area contributed by atoms with Gasteiger partial charge in [0, 0.05) is 5.69 Å². The summed E-state index contributed by atoms with van der Waals surface area (Å²) in [5, 5.41) is 10.6. The molecule has 5 nitrogen and oxygen atoms in total. The Balaban J connectivity index is 2.13. The molecule has 0 atom stereocenters. The minimum absolute atomic E-state index is 0.254. The van der Waals surface area contributed by atoms with Crippen molar-refractivity contribution in [1.82, 2.24) is 10.2 Å². The zero-order valence-electron chi connectivity index (χ0n) is 9.10. The highest BCUT2D eigenvalue weighted by atomic mass is 16.4. The summed E-state index contributed by atoms with van der Waals surface area (Å²) >= 11 is 0. The molecular formula is C11H14N4O. The molecule has 0 unspecified atom stereocenters. The minimum atomic E-state index is 0.254. The van der Waals surface area contributed by atoms with Gasteiger partial charge in [0.15, 0.2) is 0 Å². The highest BCUT2D eigenvalue weighted by Gasteiger charge is 2.04. The zero-order chi connectivity index (χ0) is 11.4. The third-order valence-corrected chi connectivity index (χ3v) is 2.23. The van der Waals surface area contributed by atoms with Crippen molar-refractivity contribution in [2.75, 3.05) is 5.32 Å². The molecule has 0 bridgehead atoms. The molecule has 1 aromatic heterocycles. The van der Waals surface area contributed by atoms with Gasteiger partial charge in [-0.05, 0) is 24.1 Å². The summed E-state index contributed by atoms with van der Waals surface area (Å²) in [5.74, 6) is 0.425. The fraction of sp³-hybridized carbons (Fsp3) is 0.273. The van der Waals surface area contributed by atoms with Gasteiger partial charge in [-0.1, -0.05) is 24.2 Å². The Bertz CT molecular complexity index is 467. The second-order valence-corrected chi connectivity index (χ2v) is 3.38. The lowest BCUT2D eigenvalue weighted by atomic mass is 10.1. The molecule has 0 saturated heterocycles. The summed E-state index contributed by atoms with van der Waals surface area (Å²) in [6.07, 6.45) is 0.993. The van der Waals surface area contributed by atoms with Gasteiger partial charge in [-0.25, -0.2) is 0 Å². The lowest BCUT2D eigenvalue weighted by molar-refractivity contribution is 0.511. The van der Waals surface area contributed by atoms with Gasteiger partial charge < -0.3 is 15.5 Å². The monoisotopic (exact) mass is 218 g/mol.